The van der Waals surface area contributed by atoms with Crippen LogP contribution in [0.1, 0.15) is 20.3 Å². The normalized spacial score (nSPS) is 13.1. The first-order chi connectivity index (χ1) is 6.70. The summed E-state index contributed by atoms with van der Waals surface area (Å²) in [7, 11) is 0. The van der Waals surface area contributed by atoms with Gasteiger partial charge in [-0.2, -0.15) is 11.8 Å². The highest BCUT2D eigenvalue weighted by Crippen LogP contribution is 2.03. The number of carbonyl (C=O) groups excluding carboxylic acids is 1. The third kappa shape index (κ3) is 8.13. The van der Waals surface area contributed by atoms with Crippen LogP contribution in [0.3, 0.4) is 0 Å². The van der Waals surface area contributed by atoms with Crippen molar-refractivity contribution in [3.8, 4) is 0 Å². The summed E-state index contributed by atoms with van der Waals surface area (Å²) in [6.45, 7) is 4.29. The van der Waals surface area contributed by atoms with Crippen molar-refractivity contribution >= 4 is 17.7 Å². The first-order valence-corrected chi connectivity index (χ1v) is 6.02. The third-order valence-electron chi connectivity index (χ3n) is 1.61. The van der Waals surface area contributed by atoms with E-state index < -0.39 is 0 Å². The summed E-state index contributed by atoms with van der Waals surface area (Å²) in [4.78, 5) is 10.9. The van der Waals surface area contributed by atoms with Crippen LogP contribution in [0.2, 0.25) is 0 Å². The fraction of sp³-hybridized carbons (Fsp3) is 0.700. The second-order valence-electron chi connectivity index (χ2n) is 2.86. The lowest BCUT2D eigenvalue weighted by atomic mass is 10.3. The average molecular weight is 217 g/mol. The number of esters is 1. The smallest absolute Gasteiger partial charge is 0.330 e. The minimum absolute atomic E-state index is 0.260. The summed E-state index contributed by atoms with van der Waals surface area (Å²) in [6, 6.07) is 0.260. The van der Waals surface area contributed by atoms with E-state index in [1.807, 2.05) is 6.08 Å². The molecule has 0 bridgehead atoms. The molecule has 0 rings (SSSR count). The quantitative estimate of drug-likeness (QED) is 0.399. The molecule has 1 atom stereocenters. The van der Waals surface area contributed by atoms with Crippen molar-refractivity contribution in [1.29, 1.82) is 0 Å². The molecule has 1 unspecified atom stereocenters. The first kappa shape index (κ1) is 13.5. The Balaban J connectivity index is 3.39. The van der Waals surface area contributed by atoms with Gasteiger partial charge < -0.3 is 10.5 Å². The van der Waals surface area contributed by atoms with E-state index in [9.17, 15) is 4.79 Å². The molecule has 0 fully saturated rings. The van der Waals surface area contributed by atoms with Crippen molar-refractivity contribution in [1.82, 2.24) is 0 Å². The summed E-state index contributed by atoms with van der Waals surface area (Å²) >= 11 is 1.73. The summed E-state index contributed by atoms with van der Waals surface area (Å²) in [5, 5.41) is 0. The van der Waals surface area contributed by atoms with Crippen LogP contribution in [0.25, 0.3) is 0 Å². The van der Waals surface area contributed by atoms with Crippen LogP contribution in [0.5, 0.6) is 0 Å². The van der Waals surface area contributed by atoms with Crippen LogP contribution < -0.4 is 5.73 Å². The number of carbonyl (C=O) groups is 1. The number of rotatable bonds is 7. The Labute approximate surface area is 90.1 Å². The van der Waals surface area contributed by atoms with Crippen molar-refractivity contribution in [3.63, 3.8) is 0 Å². The molecule has 0 heterocycles. The predicted octanol–water partition coefficient (Wildman–Crippen LogP) is 1.58. The molecule has 0 amide bonds. The monoisotopic (exact) mass is 217 g/mol. The van der Waals surface area contributed by atoms with E-state index in [0.717, 1.165) is 17.9 Å². The predicted molar refractivity (Wildman–Crippen MR) is 61.4 cm³/mol. The Kier molecular flexibility index (Phi) is 8.78. The lowest BCUT2D eigenvalue weighted by molar-refractivity contribution is -0.137. The second kappa shape index (κ2) is 9.09. The standard InChI is InChI=1S/C10H19NO2S/c1-3-9(11)8-14-7-5-6-10(12)13-4-2/h5-6,9H,3-4,7-8,11H2,1-2H3/b6-5+. The topological polar surface area (TPSA) is 52.3 Å². The van der Waals surface area contributed by atoms with Gasteiger partial charge >= 0.3 is 5.97 Å². The van der Waals surface area contributed by atoms with Crippen molar-refractivity contribution in [2.75, 3.05) is 18.1 Å². The van der Waals surface area contributed by atoms with E-state index in [2.05, 4.69) is 6.92 Å². The van der Waals surface area contributed by atoms with Gasteiger partial charge in [-0.3, -0.25) is 0 Å². The summed E-state index contributed by atoms with van der Waals surface area (Å²) in [5.41, 5.74) is 5.73. The van der Waals surface area contributed by atoms with Crippen LogP contribution in [0.4, 0.5) is 0 Å². The third-order valence-corrected chi connectivity index (χ3v) is 2.70. The molecule has 0 aromatic heterocycles. The van der Waals surface area contributed by atoms with Crippen LogP contribution in [0.15, 0.2) is 12.2 Å². The van der Waals surface area contributed by atoms with Crippen LogP contribution in [0, 0.1) is 0 Å². The minimum Gasteiger partial charge on any atom is -0.463 e. The lowest BCUT2D eigenvalue weighted by Crippen LogP contribution is -2.21. The van der Waals surface area contributed by atoms with Crippen molar-refractivity contribution < 1.29 is 9.53 Å². The van der Waals surface area contributed by atoms with Crippen LogP contribution in [-0.2, 0) is 9.53 Å². The number of nitrogens with two attached hydrogens (primary N) is 1. The van der Waals surface area contributed by atoms with Crippen molar-refractivity contribution in [3.05, 3.63) is 12.2 Å². The van der Waals surface area contributed by atoms with Gasteiger partial charge in [-0.15, -0.1) is 0 Å². The molecule has 2 N–H and O–H groups in total. The minimum atomic E-state index is -0.270. The molecule has 3 nitrogen and oxygen atoms in total. The van der Waals surface area contributed by atoms with E-state index in [0.29, 0.717) is 6.61 Å². The van der Waals surface area contributed by atoms with Crippen molar-refractivity contribution in [2.45, 2.75) is 26.3 Å². The van der Waals surface area contributed by atoms with E-state index in [-0.39, 0.29) is 12.0 Å². The molecule has 4 heteroatoms. The Hall–Kier alpha value is -0.480. The fourth-order valence-electron chi connectivity index (χ4n) is 0.740. The highest BCUT2D eigenvalue weighted by atomic mass is 32.2. The zero-order valence-corrected chi connectivity index (χ0v) is 9.68. The second-order valence-corrected chi connectivity index (χ2v) is 3.94. The zero-order chi connectivity index (χ0) is 10.8. The molecular formula is C10H19NO2S. The van der Waals surface area contributed by atoms with Gasteiger partial charge in [0, 0.05) is 23.6 Å². The molecule has 0 spiro atoms. The van der Waals surface area contributed by atoms with E-state index in [4.69, 9.17) is 10.5 Å². The fourth-order valence-corrected chi connectivity index (χ4v) is 1.65. The maximum atomic E-state index is 10.9. The Morgan fingerprint density at radius 1 is 1.57 bits per heavy atom. The number of thioether (sulfide) groups is 1. The van der Waals surface area contributed by atoms with Gasteiger partial charge in [-0.1, -0.05) is 13.0 Å². The molecule has 0 radical (unpaired) electrons. The molecule has 14 heavy (non-hydrogen) atoms. The van der Waals surface area contributed by atoms with E-state index in [1.54, 1.807) is 18.7 Å². The molecule has 0 aliphatic rings. The average Bonchev–Trinajstić information content (AvgIpc) is 2.17. The van der Waals surface area contributed by atoms with Gasteiger partial charge in [0.15, 0.2) is 0 Å². The highest BCUT2D eigenvalue weighted by Gasteiger charge is 1.97. The molecule has 82 valence electrons. The van der Waals surface area contributed by atoms with Gasteiger partial charge in [0.05, 0.1) is 6.61 Å². The summed E-state index contributed by atoms with van der Waals surface area (Å²) < 4.78 is 4.73. The maximum absolute atomic E-state index is 10.9. The Morgan fingerprint density at radius 3 is 2.86 bits per heavy atom. The maximum Gasteiger partial charge on any atom is 0.330 e. The zero-order valence-electron chi connectivity index (χ0n) is 8.86. The molecule has 0 aromatic rings. The van der Waals surface area contributed by atoms with Crippen molar-refractivity contribution in [2.24, 2.45) is 5.73 Å². The van der Waals surface area contributed by atoms with Gasteiger partial charge in [0.1, 0.15) is 0 Å². The number of hydrogen-bond acceptors (Lipinski definition) is 4. The van der Waals surface area contributed by atoms with Gasteiger partial charge in [-0.05, 0) is 13.3 Å². The van der Waals surface area contributed by atoms with E-state index >= 15 is 0 Å². The summed E-state index contributed by atoms with van der Waals surface area (Å²) in [6.07, 6.45) is 4.27. The Morgan fingerprint density at radius 2 is 2.29 bits per heavy atom. The summed E-state index contributed by atoms with van der Waals surface area (Å²) in [5.74, 6) is 1.48. The Bertz CT molecular complexity index is 183. The van der Waals surface area contributed by atoms with E-state index in [1.165, 1.54) is 6.08 Å². The lowest BCUT2D eigenvalue weighted by Gasteiger charge is -2.05. The molecule has 0 aliphatic heterocycles. The SMILES string of the molecule is CCOC(=O)/C=C/CSCC(N)CC. The highest BCUT2D eigenvalue weighted by molar-refractivity contribution is 7.99. The largest absolute Gasteiger partial charge is 0.463 e. The molecule has 0 saturated heterocycles. The van der Waals surface area contributed by atoms with Crippen LogP contribution >= 0.6 is 11.8 Å². The van der Waals surface area contributed by atoms with Gasteiger partial charge in [0.2, 0.25) is 0 Å². The van der Waals surface area contributed by atoms with Gasteiger partial charge in [-0.25, -0.2) is 4.79 Å². The van der Waals surface area contributed by atoms with Crippen LogP contribution in [-0.4, -0.2) is 30.1 Å². The number of ether oxygens (including phenoxy) is 1. The molecule has 0 aromatic carbocycles. The van der Waals surface area contributed by atoms with Gasteiger partial charge in [0.25, 0.3) is 0 Å². The molecule has 0 aliphatic carbocycles. The number of hydrogen-bond donors (Lipinski definition) is 1. The molecular weight excluding hydrogens is 198 g/mol. The first-order valence-electron chi connectivity index (χ1n) is 4.87. The molecule has 0 saturated carbocycles.